The Balaban J connectivity index is 1.69. The molecule has 0 aliphatic heterocycles. The van der Waals surface area contributed by atoms with E-state index in [9.17, 15) is 37.7 Å². The van der Waals surface area contributed by atoms with Crippen LogP contribution in [0.15, 0.2) is 77.0 Å². The highest BCUT2D eigenvalue weighted by molar-refractivity contribution is 5.97. The van der Waals surface area contributed by atoms with E-state index in [4.69, 9.17) is 0 Å². The molecule has 0 aliphatic rings. The zero-order chi connectivity index (χ0) is 30.5. The van der Waals surface area contributed by atoms with Gasteiger partial charge in [-0.25, -0.2) is 13.6 Å². The fourth-order valence-electron chi connectivity index (χ4n) is 4.52. The number of azo groups is 1. The summed E-state index contributed by atoms with van der Waals surface area (Å²) in [6, 6.07) is 13.2. The van der Waals surface area contributed by atoms with Crippen molar-refractivity contribution in [2.24, 2.45) is 10.2 Å². The molecule has 0 aliphatic carbocycles. The number of phenolic OH excluding ortho intramolecular Hbond substituents is 1. The van der Waals surface area contributed by atoms with Crippen LogP contribution in [0.1, 0.15) is 27.0 Å². The smallest absolute Gasteiger partial charge is 0.416 e. The third-order valence-electron chi connectivity index (χ3n) is 6.83. The van der Waals surface area contributed by atoms with Crippen LogP contribution in [0.3, 0.4) is 0 Å². The summed E-state index contributed by atoms with van der Waals surface area (Å²) in [6.45, 7) is 3.59. The molecule has 42 heavy (non-hydrogen) atoms. The van der Waals surface area contributed by atoms with E-state index in [0.29, 0.717) is 6.07 Å². The Labute approximate surface area is 234 Å². The minimum Gasteiger partial charge on any atom is -0.505 e. The molecule has 7 nitrogen and oxygen atoms in total. The first-order chi connectivity index (χ1) is 19.8. The molecule has 3 N–H and O–H groups in total. The predicted octanol–water partition coefficient (Wildman–Crippen LogP) is 8.74. The number of aromatic nitrogens is 1. The van der Waals surface area contributed by atoms with Crippen molar-refractivity contribution in [3.05, 3.63) is 101 Å². The number of hydrogen-bond acceptors (Lipinski definition) is 5. The van der Waals surface area contributed by atoms with Gasteiger partial charge in [0.1, 0.15) is 17.3 Å². The largest absolute Gasteiger partial charge is 0.505 e. The normalized spacial score (nSPS) is 12.0. The number of para-hydroxylation sites is 1. The van der Waals surface area contributed by atoms with Crippen molar-refractivity contribution < 1.29 is 42.1 Å². The first-order valence-corrected chi connectivity index (χ1v) is 12.3. The molecular weight excluding hydrogens is 561 g/mol. The number of carbonyl (C=O) groups is 1. The van der Waals surface area contributed by atoms with Crippen LogP contribution in [0.2, 0.25) is 0 Å². The molecule has 0 saturated heterocycles. The van der Waals surface area contributed by atoms with E-state index in [-0.39, 0.29) is 34.1 Å². The Morgan fingerprint density at radius 2 is 1.60 bits per heavy atom. The van der Waals surface area contributed by atoms with E-state index in [2.05, 4.69) is 10.2 Å². The average Bonchev–Trinajstić information content (AvgIpc) is 3.21. The molecule has 1 heterocycles. The van der Waals surface area contributed by atoms with Gasteiger partial charge in [-0.1, -0.05) is 24.3 Å². The Bertz CT molecular complexity index is 1930. The molecule has 0 atom stereocenters. The molecule has 214 valence electrons. The van der Waals surface area contributed by atoms with E-state index >= 15 is 4.39 Å². The van der Waals surface area contributed by atoms with Crippen LogP contribution in [0.4, 0.5) is 33.3 Å². The van der Waals surface area contributed by atoms with Crippen molar-refractivity contribution in [3.8, 4) is 28.4 Å². The Kier molecular flexibility index (Phi) is 6.93. The molecule has 5 aromatic rings. The molecule has 0 bridgehead atoms. The van der Waals surface area contributed by atoms with E-state index in [1.807, 2.05) is 6.92 Å². The Morgan fingerprint density at radius 1 is 0.857 bits per heavy atom. The maximum atomic E-state index is 15.3. The van der Waals surface area contributed by atoms with Gasteiger partial charge in [0.2, 0.25) is 5.88 Å². The summed E-state index contributed by atoms with van der Waals surface area (Å²) >= 11 is 0. The standard InChI is InChI=1S/C30H20F5N3O4/c1-14-6-8-18(10-15(14)2)38-24-13-17(30(33,34)35)12-22(32)25(24)26(28(38)40)37-36-23-5-3-4-19(27(23)39)16-7-9-21(31)20(11-16)29(41)42/h3-13,39-40H,1-2H3,(H,41,42). The van der Waals surface area contributed by atoms with Gasteiger partial charge < -0.3 is 15.3 Å². The summed E-state index contributed by atoms with van der Waals surface area (Å²) in [4.78, 5) is 11.3. The summed E-state index contributed by atoms with van der Waals surface area (Å²) in [5.74, 6) is -5.00. The number of carboxylic acid groups (broad SMARTS) is 1. The first-order valence-electron chi connectivity index (χ1n) is 12.3. The van der Waals surface area contributed by atoms with Gasteiger partial charge in [0, 0.05) is 11.3 Å². The van der Waals surface area contributed by atoms with Gasteiger partial charge in [0.05, 0.1) is 22.0 Å². The summed E-state index contributed by atoms with van der Waals surface area (Å²) < 4.78 is 70.9. The second-order valence-electron chi connectivity index (χ2n) is 9.50. The van der Waals surface area contributed by atoms with Crippen molar-refractivity contribution in [2.45, 2.75) is 20.0 Å². The summed E-state index contributed by atoms with van der Waals surface area (Å²) in [5.41, 5.74) is -0.817. The number of carboxylic acids is 1. The molecule has 0 unspecified atom stereocenters. The van der Waals surface area contributed by atoms with Gasteiger partial charge in [0.25, 0.3) is 0 Å². The number of halogens is 5. The molecule has 12 heteroatoms. The van der Waals surface area contributed by atoms with E-state index in [1.54, 1.807) is 25.1 Å². The van der Waals surface area contributed by atoms with Crippen molar-refractivity contribution >= 4 is 28.2 Å². The molecule has 1 aromatic heterocycles. The van der Waals surface area contributed by atoms with Crippen LogP contribution < -0.4 is 0 Å². The maximum absolute atomic E-state index is 15.3. The third kappa shape index (κ3) is 4.91. The van der Waals surface area contributed by atoms with Gasteiger partial charge in [-0.05, 0) is 73.0 Å². The lowest BCUT2D eigenvalue weighted by Crippen LogP contribution is -2.06. The molecule has 0 amide bonds. The number of nitrogens with zero attached hydrogens (tertiary/aromatic N) is 3. The van der Waals surface area contributed by atoms with Crippen LogP contribution in [0.25, 0.3) is 27.7 Å². The molecule has 0 radical (unpaired) electrons. The number of hydrogen-bond donors (Lipinski definition) is 3. The number of phenols is 1. The molecule has 0 spiro atoms. The van der Waals surface area contributed by atoms with Gasteiger partial charge >= 0.3 is 12.1 Å². The predicted molar refractivity (Wildman–Crippen MR) is 144 cm³/mol. The summed E-state index contributed by atoms with van der Waals surface area (Å²) in [7, 11) is 0. The fraction of sp³-hybridized carbons (Fsp3) is 0.100. The summed E-state index contributed by atoms with van der Waals surface area (Å²) in [6.07, 6.45) is -4.88. The maximum Gasteiger partial charge on any atom is 0.416 e. The number of aryl methyl sites for hydroxylation is 2. The zero-order valence-electron chi connectivity index (χ0n) is 21.8. The van der Waals surface area contributed by atoms with E-state index in [1.165, 1.54) is 24.3 Å². The highest BCUT2D eigenvalue weighted by Gasteiger charge is 2.34. The van der Waals surface area contributed by atoms with Gasteiger partial charge in [-0.2, -0.15) is 13.2 Å². The second kappa shape index (κ2) is 10.3. The van der Waals surface area contributed by atoms with E-state index < -0.39 is 57.6 Å². The lowest BCUT2D eigenvalue weighted by Gasteiger charge is -2.11. The number of aromatic carboxylic acids is 1. The minimum atomic E-state index is -4.88. The third-order valence-corrected chi connectivity index (χ3v) is 6.83. The molecule has 0 saturated carbocycles. The highest BCUT2D eigenvalue weighted by atomic mass is 19.4. The number of fused-ring (bicyclic) bond motifs is 1. The Morgan fingerprint density at radius 3 is 2.26 bits per heavy atom. The monoisotopic (exact) mass is 581 g/mol. The number of alkyl halides is 3. The van der Waals surface area contributed by atoms with Gasteiger partial charge in [-0.15, -0.1) is 10.2 Å². The SMILES string of the molecule is Cc1ccc(-n2c(O)c(N=Nc3cccc(-c4ccc(F)c(C(=O)O)c4)c3O)c3c(F)cc(C(F)(F)F)cc32)cc1C. The number of benzene rings is 4. The summed E-state index contributed by atoms with van der Waals surface area (Å²) in [5, 5.41) is 38.6. The van der Waals surface area contributed by atoms with Crippen LogP contribution in [0.5, 0.6) is 11.6 Å². The topological polar surface area (TPSA) is 107 Å². The van der Waals surface area contributed by atoms with E-state index in [0.717, 1.165) is 27.8 Å². The molecule has 0 fully saturated rings. The average molecular weight is 581 g/mol. The quantitative estimate of drug-likeness (QED) is 0.142. The van der Waals surface area contributed by atoms with Crippen molar-refractivity contribution in [3.63, 3.8) is 0 Å². The highest BCUT2D eigenvalue weighted by Crippen LogP contribution is 2.46. The second-order valence-corrected chi connectivity index (χ2v) is 9.50. The van der Waals surface area contributed by atoms with Crippen LogP contribution in [0, 0.1) is 25.5 Å². The molecule has 4 aromatic carbocycles. The van der Waals surface area contributed by atoms with Crippen molar-refractivity contribution in [2.75, 3.05) is 0 Å². The number of rotatable bonds is 5. The van der Waals surface area contributed by atoms with Crippen LogP contribution in [-0.2, 0) is 6.18 Å². The van der Waals surface area contributed by atoms with Gasteiger partial charge in [-0.3, -0.25) is 4.57 Å². The minimum absolute atomic E-state index is 0.0664. The van der Waals surface area contributed by atoms with Crippen molar-refractivity contribution in [1.82, 2.24) is 4.57 Å². The zero-order valence-corrected chi connectivity index (χ0v) is 21.8. The number of aromatic hydroxyl groups is 2. The lowest BCUT2D eigenvalue weighted by molar-refractivity contribution is -0.137. The molecular formula is C30H20F5N3O4. The first kappa shape index (κ1) is 28.3. The van der Waals surface area contributed by atoms with Crippen LogP contribution >= 0.6 is 0 Å². The van der Waals surface area contributed by atoms with Gasteiger partial charge in [0.15, 0.2) is 11.4 Å². The lowest BCUT2D eigenvalue weighted by atomic mass is 10.0. The van der Waals surface area contributed by atoms with Crippen molar-refractivity contribution in [1.29, 1.82) is 0 Å². The fourth-order valence-corrected chi connectivity index (χ4v) is 4.52. The molecule has 5 rings (SSSR count). The van der Waals surface area contributed by atoms with Crippen LogP contribution in [-0.4, -0.2) is 25.9 Å². The Hall–Kier alpha value is -5.26.